The van der Waals surface area contributed by atoms with Crippen molar-refractivity contribution in [2.75, 3.05) is 26.1 Å². The number of carbonyl (C=O) groups excluding carboxylic acids is 1. The van der Waals surface area contributed by atoms with Crippen molar-refractivity contribution in [3.63, 3.8) is 0 Å². The second-order valence-electron chi connectivity index (χ2n) is 5.06. The molecule has 2 amide bonds. The number of urea groups is 1. The third kappa shape index (κ3) is 5.54. The van der Waals surface area contributed by atoms with Gasteiger partial charge in [0.25, 0.3) is 0 Å². The van der Waals surface area contributed by atoms with Gasteiger partial charge in [-0.15, -0.1) is 0 Å². The van der Waals surface area contributed by atoms with Crippen molar-refractivity contribution in [2.45, 2.75) is 12.8 Å². The third-order valence-electron chi connectivity index (χ3n) is 3.43. The van der Waals surface area contributed by atoms with Crippen LogP contribution in [0.25, 0.3) is 0 Å². The lowest BCUT2D eigenvalue weighted by atomic mass is 10.1. The number of aryl methyl sites for hydroxylation is 1. The van der Waals surface area contributed by atoms with Crippen molar-refractivity contribution in [1.82, 2.24) is 5.32 Å². The summed E-state index contributed by atoms with van der Waals surface area (Å²) in [5.74, 6) is 1.61. The van der Waals surface area contributed by atoms with Crippen LogP contribution in [0.15, 0.2) is 48.5 Å². The van der Waals surface area contributed by atoms with Gasteiger partial charge >= 0.3 is 6.03 Å². The number of rotatable bonds is 7. The lowest BCUT2D eigenvalue weighted by Gasteiger charge is -2.08. The molecule has 5 nitrogen and oxygen atoms in total. The van der Waals surface area contributed by atoms with Gasteiger partial charge in [-0.2, -0.15) is 0 Å². The molecule has 0 saturated heterocycles. The first-order valence-corrected chi connectivity index (χ1v) is 7.53. The zero-order chi connectivity index (χ0) is 16.5. The molecule has 0 saturated carbocycles. The Bertz CT molecular complexity index is 609. The van der Waals surface area contributed by atoms with E-state index in [4.69, 9.17) is 9.47 Å². The molecule has 0 atom stereocenters. The van der Waals surface area contributed by atoms with Crippen LogP contribution in [0.2, 0.25) is 0 Å². The molecule has 0 aliphatic carbocycles. The smallest absolute Gasteiger partial charge is 0.319 e. The Balaban J connectivity index is 1.67. The SMILES string of the molecule is COc1ccc(CCCNC(=O)Nc2ccc(OC)cc2)cc1. The van der Waals surface area contributed by atoms with Gasteiger partial charge in [-0.25, -0.2) is 4.79 Å². The highest BCUT2D eigenvalue weighted by Crippen LogP contribution is 2.15. The summed E-state index contributed by atoms with van der Waals surface area (Å²) >= 11 is 0. The molecule has 2 rings (SSSR count). The van der Waals surface area contributed by atoms with E-state index in [0.717, 1.165) is 30.0 Å². The maximum absolute atomic E-state index is 11.8. The summed E-state index contributed by atoms with van der Waals surface area (Å²) in [6, 6.07) is 15.0. The number of amides is 2. The molecule has 0 heterocycles. The Labute approximate surface area is 136 Å². The average Bonchev–Trinajstić information content (AvgIpc) is 2.60. The molecular formula is C18H22N2O3. The molecule has 0 spiro atoms. The van der Waals surface area contributed by atoms with Crippen molar-refractivity contribution in [2.24, 2.45) is 0 Å². The first kappa shape index (κ1) is 16.7. The Morgan fingerprint density at radius 1 is 0.913 bits per heavy atom. The molecular weight excluding hydrogens is 292 g/mol. The maximum atomic E-state index is 11.8. The van der Waals surface area contributed by atoms with E-state index in [1.54, 1.807) is 38.5 Å². The fraction of sp³-hybridized carbons (Fsp3) is 0.278. The fourth-order valence-corrected chi connectivity index (χ4v) is 2.14. The minimum absolute atomic E-state index is 0.204. The lowest BCUT2D eigenvalue weighted by molar-refractivity contribution is 0.252. The van der Waals surface area contributed by atoms with Crippen LogP contribution in [0.1, 0.15) is 12.0 Å². The number of benzene rings is 2. The summed E-state index contributed by atoms with van der Waals surface area (Å²) in [6.07, 6.45) is 1.79. The largest absolute Gasteiger partial charge is 0.497 e. The number of nitrogens with one attached hydrogen (secondary N) is 2. The predicted octanol–water partition coefficient (Wildman–Crippen LogP) is 3.46. The van der Waals surface area contributed by atoms with Crippen molar-refractivity contribution in [3.8, 4) is 11.5 Å². The van der Waals surface area contributed by atoms with Gasteiger partial charge in [0.2, 0.25) is 0 Å². The van der Waals surface area contributed by atoms with Gasteiger partial charge in [0.1, 0.15) is 11.5 Å². The summed E-state index contributed by atoms with van der Waals surface area (Å²) in [4.78, 5) is 11.8. The van der Waals surface area contributed by atoms with Gasteiger partial charge in [0.15, 0.2) is 0 Å². The van der Waals surface area contributed by atoms with Crippen LogP contribution in [0, 0.1) is 0 Å². The highest BCUT2D eigenvalue weighted by atomic mass is 16.5. The van der Waals surface area contributed by atoms with Crippen molar-refractivity contribution < 1.29 is 14.3 Å². The fourth-order valence-electron chi connectivity index (χ4n) is 2.14. The first-order chi connectivity index (χ1) is 11.2. The zero-order valence-corrected chi connectivity index (χ0v) is 13.5. The van der Waals surface area contributed by atoms with E-state index in [2.05, 4.69) is 10.6 Å². The number of hydrogen-bond donors (Lipinski definition) is 2. The number of carbonyl (C=O) groups is 1. The van der Waals surface area contributed by atoms with Crippen LogP contribution < -0.4 is 20.1 Å². The molecule has 5 heteroatoms. The molecule has 122 valence electrons. The lowest BCUT2D eigenvalue weighted by Crippen LogP contribution is -2.29. The molecule has 0 aliphatic rings. The van der Waals surface area contributed by atoms with Gasteiger partial charge in [0, 0.05) is 12.2 Å². The van der Waals surface area contributed by atoms with Crippen molar-refractivity contribution in [1.29, 1.82) is 0 Å². The minimum Gasteiger partial charge on any atom is -0.497 e. The van der Waals surface area contributed by atoms with E-state index in [9.17, 15) is 4.79 Å². The highest BCUT2D eigenvalue weighted by molar-refractivity contribution is 5.89. The van der Waals surface area contributed by atoms with E-state index in [1.807, 2.05) is 24.3 Å². The van der Waals surface area contributed by atoms with Crippen LogP contribution >= 0.6 is 0 Å². The van der Waals surface area contributed by atoms with Crippen LogP contribution in [0.5, 0.6) is 11.5 Å². The van der Waals surface area contributed by atoms with Crippen LogP contribution in [0.3, 0.4) is 0 Å². The number of anilines is 1. The summed E-state index contributed by atoms with van der Waals surface area (Å²) in [5, 5.41) is 5.63. The van der Waals surface area contributed by atoms with Crippen LogP contribution in [0.4, 0.5) is 10.5 Å². The molecule has 0 fully saturated rings. The summed E-state index contributed by atoms with van der Waals surface area (Å²) in [5.41, 5.74) is 1.96. The molecule has 2 N–H and O–H groups in total. The van der Waals surface area contributed by atoms with E-state index < -0.39 is 0 Å². The van der Waals surface area contributed by atoms with Gasteiger partial charge in [-0.05, 0) is 54.8 Å². The van der Waals surface area contributed by atoms with Gasteiger partial charge in [0.05, 0.1) is 14.2 Å². The molecule has 0 aromatic heterocycles. The van der Waals surface area contributed by atoms with E-state index in [-0.39, 0.29) is 6.03 Å². The van der Waals surface area contributed by atoms with E-state index >= 15 is 0 Å². The average molecular weight is 314 g/mol. The van der Waals surface area contributed by atoms with Gasteiger partial charge in [-0.3, -0.25) is 0 Å². The Kier molecular flexibility index (Phi) is 6.29. The molecule has 0 radical (unpaired) electrons. The summed E-state index contributed by atoms with van der Waals surface area (Å²) < 4.78 is 10.2. The maximum Gasteiger partial charge on any atom is 0.319 e. The van der Waals surface area contributed by atoms with Crippen molar-refractivity contribution in [3.05, 3.63) is 54.1 Å². The number of methoxy groups -OCH3 is 2. The second kappa shape index (κ2) is 8.68. The van der Waals surface area contributed by atoms with Gasteiger partial charge < -0.3 is 20.1 Å². The molecule has 0 unspecified atom stereocenters. The molecule has 0 aliphatic heterocycles. The molecule has 23 heavy (non-hydrogen) atoms. The van der Waals surface area contributed by atoms with E-state index in [0.29, 0.717) is 6.54 Å². The number of hydrogen-bond acceptors (Lipinski definition) is 3. The van der Waals surface area contributed by atoms with Crippen LogP contribution in [-0.2, 0) is 6.42 Å². The molecule has 0 bridgehead atoms. The Morgan fingerprint density at radius 3 is 2.04 bits per heavy atom. The van der Waals surface area contributed by atoms with Crippen LogP contribution in [-0.4, -0.2) is 26.8 Å². The molecule has 2 aromatic carbocycles. The quantitative estimate of drug-likeness (QED) is 0.770. The van der Waals surface area contributed by atoms with Gasteiger partial charge in [-0.1, -0.05) is 12.1 Å². The summed E-state index contributed by atoms with van der Waals surface area (Å²) in [7, 11) is 3.26. The third-order valence-corrected chi connectivity index (χ3v) is 3.43. The zero-order valence-electron chi connectivity index (χ0n) is 13.5. The standard InChI is InChI=1S/C18H22N2O3/c1-22-16-9-5-14(6-10-16)4-3-13-19-18(21)20-15-7-11-17(23-2)12-8-15/h5-12H,3-4,13H2,1-2H3,(H2,19,20,21). The monoisotopic (exact) mass is 314 g/mol. The first-order valence-electron chi connectivity index (χ1n) is 7.53. The summed E-state index contributed by atoms with van der Waals surface area (Å²) in [6.45, 7) is 0.619. The predicted molar refractivity (Wildman–Crippen MR) is 91.3 cm³/mol. The number of ether oxygens (including phenoxy) is 2. The minimum atomic E-state index is -0.204. The Morgan fingerprint density at radius 2 is 1.48 bits per heavy atom. The van der Waals surface area contributed by atoms with Crippen molar-refractivity contribution >= 4 is 11.7 Å². The topological polar surface area (TPSA) is 59.6 Å². The Hall–Kier alpha value is -2.69. The van der Waals surface area contributed by atoms with E-state index in [1.165, 1.54) is 5.56 Å². The normalized spacial score (nSPS) is 10.0. The molecule has 2 aromatic rings. The second-order valence-corrected chi connectivity index (χ2v) is 5.06. The highest BCUT2D eigenvalue weighted by Gasteiger charge is 2.01.